The number of benzene rings is 3. The fourth-order valence-corrected chi connectivity index (χ4v) is 4.66. The van der Waals surface area contributed by atoms with E-state index < -0.39 is 17.9 Å². The molecule has 1 heterocycles. The lowest BCUT2D eigenvalue weighted by atomic mass is 10.0. The number of pyridine rings is 1. The lowest BCUT2D eigenvalue weighted by molar-refractivity contribution is -0.377. The van der Waals surface area contributed by atoms with Crippen LogP contribution >= 0.6 is 23.2 Å². The molecule has 3 aromatic carbocycles. The first-order chi connectivity index (χ1) is 19.3. The van der Waals surface area contributed by atoms with E-state index in [9.17, 15) is 9.18 Å². The third-order valence-electron chi connectivity index (χ3n) is 6.27. The third kappa shape index (κ3) is 7.58. The summed E-state index contributed by atoms with van der Waals surface area (Å²) in [5.41, 5.74) is 2.74. The second-order valence-electron chi connectivity index (χ2n) is 8.71. The van der Waals surface area contributed by atoms with Crippen LogP contribution in [0.3, 0.4) is 0 Å². The van der Waals surface area contributed by atoms with Crippen LogP contribution in [-0.2, 0) is 17.7 Å². The number of ether oxygens (including phenoxy) is 4. The lowest BCUT2D eigenvalue weighted by Gasteiger charge is -2.20. The van der Waals surface area contributed by atoms with Gasteiger partial charge in [0, 0.05) is 18.5 Å². The number of methoxy groups -OCH3 is 3. The first-order valence-electron chi connectivity index (χ1n) is 12.3. The molecule has 41 heavy (non-hydrogen) atoms. The number of aromatic amines is 1. The van der Waals surface area contributed by atoms with Crippen molar-refractivity contribution in [1.82, 2.24) is 0 Å². The average molecular weight is 603 g/mol. The molecule has 0 aliphatic carbocycles. The molecule has 0 aliphatic heterocycles. The Kier molecular flexibility index (Phi) is 11.2. The number of anilines is 1. The summed E-state index contributed by atoms with van der Waals surface area (Å²) < 4.78 is 36.2. The molecule has 8 nitrogen and oxygen atoms in total. The predicted octanol–water partition coefficient (Wildman–Crippen LogP) is 6.55. The summed E-state index contributed by atoms with van der Waals surface area (Å²) in [7, 11) is 4.55. The van der Waals surface area contributed by atoms with Crippen LogP contribution in [-0.4, -0.2) is 32.8 Å². The van der Waals surface area contributed by atoms with Gasteiger partial charge < -0.3 is 29.7 Å². The van der Waals surface area contributed by atoms with Gasteiger partial charge in [0.05, 0.1) is 26.9 Å². The topological polar surface area (TPSA) is 110 Å². The summed E-state index contributed by atoms with van der Waals surface area (Å²) in [6.07, 6.45) is 2.71. The van der Waals surface area contributed by atoms with Crippen molar-refractivity contribution in [3.8, 4) is 17.2 Å². The van der Waals surface area contributed by atoms with Crippen molar-refractivity contribution in [3.05, 3.63) is 111 Å². The van der Waals surface area contributed by atoms with Crippen molar-refractivity contribution in [3.63, 3.8) is 0 Å². The Bertz CT molecular complexity index is 1470. The highest BCUT2D eigenvalue weighted by Gasteiger charge is 2.24. The Morgan fingerprint density at radius 3 is 2.20 bits per heavy atom. The van der Waals surface area contributed by atoms with Crippen LogP contribution in [0.5, 0.6) is 17.2 Å². The van der Waals surface area contributed by atoms with E-state index in [1.165, 1.54) is 20.3 Å². The highest BCUT2D eigenvalue weighted by Crippen LogP contribution is 2.35. The SMILES string of the molecule is COc1ccc([C@H](Cc2c(Cl)c[nH+]cc2Cl)OC(=O)c2ccc(CNc3c(F)cccc3OC)cc2)cc1OC.[OH-]. The van der Waals surface area contributed by atoms with E-state index in [2.05, 4.69) is 10.3 Å². The van der Waals surface area contributed by atoms with Crippen molar-refractivity contribution in [2.45, 2.75) is 19.1 Å². The second kappa shape index (κ2) is 14.5. The van der Waals surface area contributed by atoms with Crippen LogP contribution in [0.25, 0.3) is 0 Å². The quantitative estimate of drug-likeness (QED) is 0.194. The Balaban J connectivity index is 0.00000462. The number of rotatable bonds is 11. The van der Waals surface area contributed by atoms with E-state index in [0.29, 0.717) is 50.5 Å². The molecule has 0 spiro atoms. The van der Waals surface area contributed by atoms with Gasteiger partial charge in [0.1, 0.15) is 33.4 Å². The molecule has 0 fully saturated rings. The van der Waals surface area contributed by atoms with Crippen LogP contribution in [0, 0.1) is 5.82 Å². The van der Waals surface area contributed by atoms with E-state index in [1.54, 1.807) is 74.1 Å². The second-order valence-corrected chi connectivity index (χ2v) is 9.52. The number of para-hydroxylation sites is 1. The van der Waals surface area contributed by atoms with Gasteiger partial charge in [-0.2, -0.15) is 0 Å². The Morgan fingerprint density at radius 2 is 1.56 bits per heavy atom. The summed E-state index contributed by atoms with van der Waals surface area (Å²) in [5, 5.41) is 3.87. The number of esters is 1. The van der Waals surface area contributed by atoms with Crippen LogP contribution in [0.1, 0.15) is 33.2 Å². The van der Waals surface area contributed by atoms with Crippen molar-refractivity contribution in [1.29, 1.82) is 0 Å². The zero-order valence-corrected chi connectivity index (χ0v) is 24.1. The molecule has 216 valence electrons. The van der Waals surface area contributed by atoms with Gasteiger partial charge in [0.25, 0.3) is 0 Å². The molecule has 0 amide bonds. The lowest BCUT2D eigenvalue weighted by Crippen LogP contribution is -2.16. The summed E-state index contributed by atoms with van der Waals surface area (Å²) in [6.45, 7) is 0.322. The van der Waals surface area contributed by atoms with Gasteiger partial charge in [-0.05, 0) is 47.5 Å². The number of carbonyl (C=O) groups is 1. The summed E-state index contributed by atoms with van der Waals surface area (Å²) in [6, 6.07) is 16.7. The molecule has 4 rings (SSSR count). The predicted molar refractivity (Wildman–Crippen MR) is 153 cm³/mol. The normalized spacial score (nSPS) is 11.2. The van der Waals surface area contributed by atoms with Crippen LogP contribution in [0.4, 0.5) is 10.1 Å². The largest absolute Gasteiger partial charge is 0.870 e. The van der Waals surface area contributed by atoms with Gasteiger partial charge in [-0.15, -0.1) is 0 Å². The standard InChI is InChI=1S/C30H27Cl2FN2O5.H2O/c1-37-25-12-11-20(13-28(25)39-3)27(14-21-22(31)16-34-17-23(21)32)40-30(36)19-9-7-18(8-10-19)15-35-29-24(33)5-4-6-26(29)38-2;/h4-13,16-17,27,35H,14-15H2,1-3H3;1H2/t27-;/m0./s1. The molecule has 0 unspecified atom stereocenters. The minimum absolute atomic E-state index is 0. The highest BCUT2D eigenvalue weighted by atomic mass is 35.5. The fourth-order valence-electron chi connectivity index (χ4n) is 4.13. The minimum Gasteiger partial charge on any atom is -0.870 e. The number of H-pyrrole nitrogens is 1. The van der Waals surface area contributed by atoms with E-state index >= 15 is 0 Å². The number of aromatic nitrogens is 1. The maximum atomic E-state index is 14.2. The number of hydrogen-bond donors (Lipinski definition) is 1. The van der Waals surface area contributed by atoms with Gasteiger partial charge >= 0.3 is 5.97 Å². The van der Waals surface area contributed by atoms with E-state index in [4.69, 9.17) is 42.1 Å². The summed E-state index contributed by atoms with van der Waals surface area (Å²) in [5.74, 6) is 0.474. The van der Waals surface area contributed by atoms with E-state index in [-0.39, 0.29) is 17.6 Å². The molecular weight excluding hydrogens is 574 g/mol. The van der Waals surface area contributed by atoms with E-state index in [1.807, 2.05) is 0 Å². The van der Waals surface area contributed by atoms with Gasteiger partial charge in [-0.25, -0.2) is 14.2 Å². The molecule has 0 saturated heterocycles. The van der Waals surface area contributed by atoms with Crippen molar-refractivity contribution in [2.24, 2.45) is 0 Å². The zero-order chi connectivity index (χ0) is 28.6. The highest BCUT2D eigenvalue weighted by molar-refractivity contribution is 6.35. The number of carbonyl (C=O) groups excluding carboxylic acids is 1. The average Bonchev–Trinajstić information content (AvgIpc) is 2.97. The van der Waals surface area contributed by atoms with Crippen LogP contribution in [0.15, 0.2) is 73.1 Å². The summed E-state index contributed by atoms with van der Waals surface area (Å²) >= 11 is 12.8. The maximum absolute atomic E-state index is 14.2. The first-order valence-corrected chi connectivity index (χ1v) is 13.0. The smallest absolute Gasteiger partial charge is 0.338 e. The molecule has 1 atom stereocenters. The zero-order valence-electron chi connectivity index (χ0n) is 22.5. The van der Waals surface area contributed by atoms with Gasteiger partial charge in [-0.1, -0.05) is 47.5 Å². The molecule has 11 heteroatoms. The van der Waals surface area contributed by atoms with Crippen LogP contribution in [0.2, 0.25) is 10.0 Å². The minimum atomic E-state index is -0.737. The van der Waals surface area contributed by atoms with Crippen molar-refractivity contribution >= 4 is 34.9 Å². The molecule has 3 N–H and O–H groups in total. The van der Waals surface area contributed by atoms with Crippen molar-refractivity contribution in [2.75, 3.05) is 26.6 Å². The van der Waals surface area contributed by atoms with Gasteiger partial charge in [0.15, 0.2) is 23.9 Å². The third-order valence-corrected chi connectivity index (χ3v) is 6.94. The molecule has 1 aromatic heterocycles. The molecule has 0 bridgehead atoms. The molecule has 0 radical (unpaired) electrons. The molecular formula is C30H29Cl2FN2O6. The monoisotopic (exact) mass is 602 g/mol. The Labute approximate surface area is 247 Å². The maximum Gasteiger partial charge on any atom is 0.338 e. The fraction of sp³-hybridized carbons (Fsp3) is 0.200. The molecule has 0 aliphatic rings. The number of hydrogen-bond acceptors (Lipinski definition) is 7. The molecule has 0 saturated carbocycles. The van der Waals surface area contributed by atoms with Gasteiger partial charge in [-0.3, -0.25) is 0 Å². The van der Waals surface area contributed by atoms with Crippen molar-refractivity contribution < 1.29 is 38.6 Å². The van der Waals surface area contributed by atoms with E-state index in [0.717, 1.165) is 5.56 Å². The Hall–Kier alpha value is -4.05. The number of halogens is 3. The Morgan fingerprint density at radius 1 is 0.902 bits per heavy atom. The summed E-state index contributed by atoms with van der Waals surface area (Å²) in [4.78, 5) is 16.1. The number of nitrogens with one attached hydrogen (secondary N) is 2. The van der Waals surface area contributed by atoms with Gasteiger partial charge in [0.2, 0.25) is 0 Å². The first kappa shape index (κ1) is 31.5. The van der Waals surface area contributed by atoms with Crippen LogP contribution < -0.4 is 24.5 Å². The molecule has 4 aromatic rings.